The van der Waals surface area contributed by atoms with E-state index in [4.69, 9.17) is 51.5 Å². The standard InChI is InChI=1S/C47H60N3O23P3/c48-32-13-15-50(43(54)26-32)44-29-39(53)42(73-44)30-71-76(62,63)68-18-6-5-17-67-75(60,61)70-24-22-65-20-19-64-21-23-69-74(58,59)66-16-4-2-1-3-14-49-46(55)31-7-10-35(47(56)57)38(25-31)45-36-11-8-33(51)27-40(36)72-41-28-34(52)9-12-37(41)45/h7-13,15,25-28,39,42,44,51,53H,1-6,14,16-24,29-30,48H2,(H,49,55)(H,56,57)(H,58,59)(H,60,61)(H,62,63)/p-3/t39?,42-,44-/m1/s1. The van der Waals surface area contributed by atoms with Crippen molar-refractivity contribution >= 4 is 52.0 Å². The molecule has 1 aliphatic carbocycles. The van der Waals surface area contributed by atoms with Gasteiger partial charge >= 0.3 is 5.97 Å². The number of nitrogens with one attached hydrogen (secondary N) is 1. The number of aliphatic hydroxyl groups excluding tert-OH is 1. The lowest BCUT2D eigenvalue weighted by molar-refractivity contribution is -0.230. The summed E-state index contributed by atoms with van der Waals surface area (Å²) in [6, 6.07) is 15.2. The van der Waals surface area contributed by atoms with Crippen molar-refractivity contribution < 1.29 is 99.1 Å². The molecule has 0 bridgehead atoms. The zero-order valence-corrected chi connectivity index (χ0v) is 43.4. The number of hydrogen-bond acceptors (Lipinski definition) is 23. The molecule has 6 rings (SSSR count). The van der Waals surface area contributed by atoms with Crippen molar-refractivity contribution in [1.82, 2.24) is 9.88 Å². The molecule has 0 saturated carbocycles. The first-order valence-electron chi connectivity index (χ1n) is 23.8. The van der Waals surface area contributed by atoms with Gasteiger partial charge < -0.3 is 86.8 Å². The number of phosphoric ester groups is 3. The van der Waals surface area contributed by atoms with E-state index in [2.05, 4.69) is 5.32 Å². The second-order valence-corrected chi connectivity index (χ2v) is 21.2. The number of unbranched alkanes of at least 4 members (excludes halogenated alkanes) is 4. The van der Waals surface area contributed by atoms with E-state index in [9.17, 15) is 62.9 Å². The molecule has 76 heavy (non-hydrogen) atoms. The summed E-state index contributed by atoms with van der Waals surface area (Å²) in [4.78, 5) is 86.2. The quantitative estimate of drug-likeness (QED) is 0.0227. The number of carbonyl (C=O) groups excluding carboxylic acids is 1. The van der Waals surface area contributed by atoms with E-state index < -0.39 is 65.9 Å². The van der Waals surface area contributed by atoms with Crippen LogP contribution in [0.15, 0.2) is 86.9 Å². The second-order valence-electron chi connectivity index (χ2n) is 16.9. The van der Waals surface area contributed by atoms with E-state index in [-0.39, 0.29) is 130 Å². The number of pyridine rings is 1. The molecule has 0 spiro atoms. The number of fused-ring (bicyclic) bond motifs is 2. The number of amides is 1. The molecule has 1 aromatic heterocycles. The van der Waals surface area contributed by atoms with E-state index in [0.717, 1.165) is 0 Å². The summed E-state index contributed by atoms with van der Waals surface area (Å²) in [7, 11) is -14.2. The van der Waals surface area contributed by atoms with Crippen LogP contribution in [0.25, 0.3) is 33.4 Å². The van der Waals surface area contributed by atoms with Gasteiger partial charge in [-0.2, -0.15) is 0 Å². The average molecular weight is 1120 g/mol. The monoisotopic (exact) mass is 1120 g/mol. The summed E-state index contributed by atoms with van der Waals surface area (Å²) in [5.74, 6) is -1.65. The molecular formula is C47H57N3O23P3-3. The van der Waals surface area contributed by atoms with Crippen LogP contribution < -0.4 is 36.7 Å². The van der Waals surface area contributed by atoms with Crippen LogP contribution in [-0.4, -0.2) is 117 Å². The number of nitrogens with zero attached hydrogens (tertiary/aromatic N) is 1. The number of carbonyl (C=O) groups is 2. The van der Waals surface area contributed by atoms with Crippen molar-refractivity contribution in [3.8, 4) is 28.2 Å². The minimum Gasteiger partial charge on any atom is -0.756 e. The highest BCUT2D eigenvalue weighted by molar-refractivity contribution is 7.46. The van der Waals surface area contributed by atoms with Gasteiger partial charge in [-0.1, -0.05) is 12.8 Å². The number of benzene rings is 3. The number of nitrogen functional groups attached to an aromatic ring is 1. The van der Waals surface area contributed by atoms with Gasteiger partial charge in [0.2, 0.25) is 0 Å². The third-order valence-electron chi connectivity index (χ3n) is 11.3. The Labute approximate surface area is 434 Å². The average Bonchev–Trinajstić information content (AvgIpc) is 3.77. The number of carboxylic acids is 1. The first-order valence-corrected chi connectivity index (χ1v) is 28.2. The Balaban J connectivity index is 0.752. The van der Waals surface area contributed by atoms with Crippen LogP contribution in [0.3, 0.4) is 0 Å². The molecule has 3 aromatic rings. The van der Waals surface area contributed by atoms with Crippen molar-refractivity contribution in [2.24, 2.45) is 0 Å². The van der Waals surface area contributed by atoms with Gasteiger partial charge in [0.1, 0.15) is 29.4 Å². The molecule has 4 unspecified atom stereocenters. The van der Waals surface area contributed by atoms with Crippen molar-refractivity contribution in [2.75, 3.05) is 78.3 Å². The van der Waals surface area contributed by atoms with Gasteiger partial charge in [-0.15, -0.1) is 0 Å². The predicted octanol–water partition coefficient (Wildman–Crippen LogP) is 3.67. The lowest BCUT2D eigenvalue weighted by Gasteiger charge is -2.25. The van der Waals surface area contributed by atoms with Crippen molar-refractivity contribution in [3.63, 3.8) is 0 Å². The summed E-state index contributed by atoms with van der Waals surface area (Å²) < 4.78 is 88.2. The maximum absolute atomic E-state index is 13.2. The van der Waals surface area contributed by atoms with Crippen molar-refractivity contribution in [2.45, 2.75) is 63.4 Å². The fourth-order valence-corrected chi connectivity index (χ4v) is 9.85. The molecular weight excluding hydrogens is 1070 g/mol. The topological polar surface area (TPSA) is 389 Å². The third kappa shape index (κ3) is 18.5. The van der Waals surface area contributed by atoms with Crippen LogP contribution in [0, 0.1) is 0 Å². The molecule has 1 saturated heterocycles. The maximum atomic E-state index is 13.2. The predicted molar refractivity (Wildman–Crippen MR) is 263 cm³/mol. The molecule has 3 aliphatic rings. The molecule has 6 atom stereocenters. The Morgan fingerprint density at radius 2 is 1.32 bits per heavy atom. The van der Waals surface area contributed by atoms with E-state index in [1.165, 1.54) is 71.4 Å². The van der Waals surface area contributed by atoms with E-state index >= 15 is 0 Å². The third-order valence-corrected chi connectivity index (χ3v) is 14.3. The number of aromatic nitrogens is 1. The van der Waals surface area contributed by atoms with Gasteiger partial charge in [-0.3, -0.25) is 32.6 Å². The Morgan fingerprint density at radius 3 is 1.96 bits per heavy atom. The molecule has 3 heterocycles. The molecule has 29 heteroatoms. The Kier molecular flexibility index (Phi) is 22.4. The van der Waals surface area contributed by atoms with E-state index in [1.807, 2.05) is 0 Å². The number of anilines is 1. The number of phenols is 1. The van der Waals surface area contributed by atoms with Crippen LogP contribution in [-0.2, 0) is 55.0 Å². The normalized spacial score (nSPS) is 18.1. The zero-order valence-electron chi connectivity index (χ0n) is 40.8. The van der Waals surface area contributed by atoms with Gasteiger partial charge in [-0.05, 0) is 79.8 Å². The summed E-state index contributed by atoms with van der Waals surface area (Å²) in [6.07, 6.45) is 0.588. The van der Waals surface area contributed by atoms with Crippen LogP contribution in [0.2, 0.25) is 0 Å². The lowest BCUT2D eigenvalue weighted by atomic mass is 9.89. The van der Waals surface area contributed by atoms with Crippen LogP contribution in [0.5, 0.6) is 5.75 Å². The van der Waals surface area contributed by atoms with E-state index in [1.54, 1.807) is 6.07 Å². The Hall–Kier alpha value is -5.21. The first kappa shape index (κ1) is 60.0. The number of aliphatic hydroxyl groups is 1. The molecule has 0 radical (unpaired) electrons. The van der Waals surface area contributed by atoms with Crippen LogP contribution >= 0.6 is 23.5 Å². The number of nitrogens with two attached hydrogens (primary N) is 1. The number of phenolic OH excluding ortho intramolecular Hbond substituents is 1. The molecule has 6 N–H and O–H groups in total. The summed E-state index contributed by atoms with van der Waals surface area (Å²) in [6.45, 7) is -2.11. The van der Waals surface area contributed by atoms with Gasteiger partial charge in [0, 0.05) is 65.1 Å². The SMILES string of the molecule is Nc1ccn([C@H]2CC(O)[C@@H](COP(=O)([O-])OCCCCOP(=O)([O-])OCCOCCOCCOP(=O)([O-])OCCCCCCNC(=O)c3ccc(C(=O)O)c(-c4c5ccc(=O)cc-5oc5cc(O)ccc45)c3)O2)c(=O)c1. The Morgan fingerprint density at radius 1 is 0.711 bits per heavy atom. The smallest absolute Gasteiger partial charge is 0.336 e. The number of hydrogen-bond donors (Lipinski definition) is 5. The first-order chi connectivity index (χ1) is 36.2. The molecule has 416 valence electrons. The number of phosphoric acid groups is 3. The lowest BCUT2D eigenvalue weighted by Crippen LogP contribution is -2.28. The fourth-order valence-electron chi connectivity index (χ4n) is 7.64. The van der Waals surface area contributed by atoms with Gasteiger partial charge in [0.05, 0.1) is 77.7 Å². The second kappa shape index (κ2) is 28.4. The van der Waals surface area contributed by atoms with Crippen LogP contribution in [0.1, 0.15) is 71.9 Å². The number of aromatic carboxylic acids is 1. The Bertz CT molecular complexity index is 2990. The van der Waals surface area contributed by atoms with Gasteiger partial charge in [-0.25, -0.2) is 4.79 Å². The largest absolute Gasteiger partial charge is 0.756 e. The highest BCUT2D eigenvalue weighted by Gasteiger charge is 2.36. The molecule has 1 fully saturated rings. The summed E-state index contributed by atoms with van der Waals surface area (Å²) in [5.41, 5.74) is 6.33. The van der Waals surface area contributed by atoms with Gasteiger partial charge in [0.25, 0.3) is 34.9 Å². The number of aromatic hydroxyl groups is 1. The minimum atomic E-state index is -4.82. The molecule has 2 aromatic carbocycles. The highest BCUT2D eigenvalue weighted by atomic mass is 31.2. The molecule has 2 aliphatic heterocycles. The number of rotatable bonds is 33. The summed E-state index contributed by atoms with van der Waals surface area (Å²) >= 11 is 0. The van der Waals surface area contributed by atoms with Crippen molar-refractivity contribution in [1.29, 1.82) is 0 Å². The zero-order chi connectivity index (χ0) is 54.9. The number of ether oxygens (including phenoxy) is 3. The number of carboxylic acid groups (broad SMARTS) is 1. The maximum Gasteiger partial charge on any atom is 0.336 e. The fraction of sp³-hybridized carbons (Fsp3) is 0.447. The van der Waals surface area contributed by atoms with Gasteiger partial charge in [0.15, 0.2) is 5.43 Å². The minimum absolute atomic E-state index is 0.00557. The summed E-state index contributed by atoms with van der Waals surface area (Å²) in [5, 5.41) is 33.7. The van der Waals surface area contributed by atoms with Crippen molar-refractivity contribution in [3.05, 3.63) is 105 Å². The molecule has 1 amide bonds. The highest BCUT2D eigenvalue weighted by Crippen LogP contribution is 2.44. The van der Waals surface area contributed by atoms with Crippen LogP contribution in [0.4, 0.5) is 5.69 Å². The molecule has 26 nitrogen and oxygen atoms in total. The van der Waals surface area contributed by atoms with E-state index in [0.29, 0.717) is 42.2 Å².